The fourth-order valence-electron chi connectivity index (χ4n) is 6.91. The Hall–Kier alpha value is -7.83. The first-order valence-electron chi connectivity index (χ1n) is 19.7. The number of rotatable bonds is 12. The molecule has 0 bridgehead atoms. The minimum Gasteiger partial charge on any atom is -0.508 e. The summed E-state index contributed by atoms with van der Waals surface area (Å²) in [6, 6.07) is 18.0. The number of amides is 3. The molecule has 0 aliphatic carbocycles. The SMILES string of the molecule is Cc1ccc(C(=O)Nc2ccc(Nc3ncc(C(=O)Nc4c(C)c(O)cc(Cc5ccc(O)c(C)c5NC(=O)c5cnc(Nc6ncc7cc(F)ccc7n6)s5)c4C)s3)nc2)c(C)c1. The molecule has 0 saturated heterocycles. The lowest BCUT2D eigenvalue weighted by Gasteiger charge is -2.19. The van der Waals surface area contributed by atoms with Crippen molar-refractivity contribution < 1.29 is 29.0 Å². The number of hydrogen-bond donors (Lipinski definition) is 7. The smallest absolute Gasteiger partial charge is 0.267 e. The molecule has 7 N–H and O–H groups in total. The Labute approximate surface area is 373 Å². The largest absolute Gasteiger partial charge is 0.508 e. The van der Waals surface area contributed by atoms with Gasteiger partial charge in [-0.3, -0.25) is 14.4 Å². The van der Waals surface area contributed by atoms with E-state index in [0.717, 1.165) is 33.8 Å². The molecule has 8 aromatic rings. The number of benzene rings is 4. The average Bonchev–Trinajstić information content (AvgIpc) is 3.95. The van der Waals surface area contributed by atoms with Gasteiger partial charge in [0.2, 0.25) is 5.95 Å². The summed E-state index contributed by atoms with van der Waals surface area (Å²) in [6.07, 6.45) is 6.07. The van der Waals surface area contributed by atoms with Crippen molar-refractivity contribution in [1.82, 2.24) is 24.9 Å². The maximum absolute atomic E-state index is 13.6. The first-order valence-corrected chi connectivity index (χ1v) is 21.3. The molecule has 4 aromatic carbocycles. The van der Waals surface area contributed by atoms with Gasteiger partial charge in [-0.1, -0.05) is 46.4 Å². The highest BCUT2D eigenvalue weighted by molar-refractivity contribution is 7.18. The quantitative estimate of drug-likeness (QED) is 0.0610. The number of phenolic OH excluding ortho intramolecular Hbond substituents is 2. The van der Waals surface area contributed by atoms with E-state index < -0.39 is 17.6 Å². The lowest BCUT2D eigenvalue weighted by Crippen LogP contribution is -2.15. The molecule has 8 rings (SSSR count). The van der Waals surface area contributed by atoms with Gasteiger partial charge < -0.3 is 36.8 Å². The van der Waals surface area contributed by atoms with Crippen LogP contribution >= 0.6 is 22.7 Å². The molecule has 0 aliphatic rings. The minimum absolute atomic E-state index is 0.0286. The van der Waals surface area contributed by atoms with Gasteiger partial charge in [-0.15, -0.1) is 0 Å². The number of aryl methyl sites for hydroxylation is 2. The van der Waals surface area contributed by atoms with Crippen molar-refractivity contribution in [2.45, 2.75) is 41.0 Å². The van der Waals surface area contributed by atoms with Gasteiger partial charge in [-0.2, -0.15) is 0 Å². The molecule has 18 heteroatoms. The van der Waals surface area contributed by atoms with E-state index in [2.05, 4.69) is 51.5 Å². The van der Waals surface area contributed by atoms with Gasteiger partial charge in [-0.05, 0) is 112 Å². The number of anilines is 7. The van der Waals surface area contributed by atoms with Crippen molar-refractivity contribution in [3.63, 3.8) is 0 Å². The normalized spacial score (nSPS) is 11.0. The van der Waals surface area contributed by atoms with E-state index >= 15 is 0 Å². The Bertz CT molecular complexity index is 3140. The highest BCUT2D eigenvalue weighted by Crippen LogP contribution is 2.37. The summed E-state index contributed by atoms with van der Waals surface area (Å²) < 4.78 is 13.6. The molecule has 4 heterocycles. The minimum atomic E-state index is -0.476. The summed E-state index contributed by atoms with van der Waals surface area (Å²) in [7, 11) is 0. The van der Waals surface area contributed by atoms with Gasteiger partial charge >= 0.3 is 0 Å². The third-order valence-corrected chi connectivity index (χ3v) is 12.2. The van der Waals surface area contributed by atoms with Crippen LogP contribution in [0.1, 0.15) is 68.6 Å². The van der Waals surface area contributed by atoms with Crippen LogP contribution < -0.4 is 26.6 Å². The van der Waals surface area contributed by atoms with Crippen LogP contribution in [0, 0.1) is 40.4 Å². The predicted octanol–water partition coefficient (Wildman–Crippen LogP) is 9.87. The van der Waals surface area contributed by atoms with Gasteiger partial charge in [0.05, 0.1) is 41.2 Å². The van der Waals surface area contributed by atoms with Crippen LogP contribution in [-0.2, 0) is 6.42 Å². The second-order valence-electron chi connectivity index (χ2n) is 14.9. The van der Waals surface area contributed by atoms with Gasteiger partial charge in [0, 0.05) is 28.3 Å². The second kappa shape index (κ2) is 17.9. The Morgan fingerprint density at radius 2 is 1.33 bits per heavy atom. The third kappa shape index (κ3) is 9.32. The van der Waals surface area contributed by atoms with Crippen molar-refractivity contribution in [1.29, 1.82) is 0 Å². The standard InChI is InChI=1S/C46H39FN10O5S2/c1-22-6-10-32(23(2)14-22)41(60)52-31-9-13-38(48-19-31)54-45-50-20-36(63-45)42(61)55-39-24(3)28(17-35(59)26(39)5)15-27-7-12-34(58)25(4)40(27)56-43(62)37-21-51-46(64-37)57-44-49-18-29-16-30(47)8-11-33(29)53-44/h6-14,16-21,58-59H,15H2,1-5H3,(H,52,60)(H,55,61)(H,56,62)(H,48,50,54)(H,49,51,53,57). The number of pyridine rings is 1. The van der Waals surface area contributed by atoms with E-state index in [-0.39, 0.29) is 34.7 Å². The highest BCUT2D eigenvalue weighted by atomic mass is 32.1. The molecule has 64 heavy (non-hydrogen) atoms. The number of halogens is 1. The molecule has 15 nitrogen and oxygen atoms in total. The van der Waals surface area contributed by atoms with Crippen LogP contribution in [0.5, 0.6) is 11.5 Å². The first kappa shape index (κ1) is 42.8. The number of aromatic nitrogens is 5. The topological polar surface area (TPSA) is 216 Å². The van der Waals surface area contributed by atoms with Crippen LogP contribution in [0.25, 0.3) is 10.9 Å². The lowest BCUT2D eigenvalue weighted by molar-refractivity contribution is 0.101. The molecular weight excluding hydrogens is 856 g/mol. The summed E-state index contributed by atoms with van der Waals surface area (Å²) in [5.74, 6) is -0.951. The number of phenols is 2. The zero-order chi connectivity index (χ0) is 45.2. The molecule has 0 atom stereocenters. The predicted molar refractivity (Wildman–Crippen MR) is 248 cm³/mol. The summed E-state index contributed by atoms with van der Waals surface area (Å²) >= 11 is 2.17. The number of nitrogens with zero attached hydrogens (tertiary/aromatic N) is 5. The monoisotopic (exact) mass is 894 g/mol. The number of carbonyl (C=O) groups is 3. The molecular formula is C46H39FN10O5S2. The van der Waals surface area contributed by atoms with Crippen LogP contribution in [0.4, 0.5) is 43.5 Å². The van der Waals surface area contributed by atoms with E-state index in [1.165, 1.54) is 43.0 Å². The van der Waals surface area contributed by atoms with Crippen molar-refractivity contribution in [3.8, 4) is 11.5 Å². The van der Waals surface area contributed by atoms with Crippen molar-refractivity contribution >= 4 is 90.4 Å². The van der Waals surface area contributed by atoms with Crippen LogP contribution in [0.3, 0.4) is 0 Å². The molecule has 0 aliphatic heterocycles. The maximum atomic E-state index is 13.6. The Morgan fingerprint density at radius 3 is 2.03 bits per heavy atom. The molecule has 0 unspecified atom stereocenters. The first-order chi connectivity index (χ1) is 30.7. The van der Waals surface area contributed by atoms with E-state index in [0.29, 0.717) is 82.3 Å². The highest BCUT2D eigenvalue weighted by Gasteiger charge is 2.22. The van der Waals surface area contributed by atoms with E-state index in [1.54, 1.807) is 50.2 Å². The van der Waals surface area contributed by atoms with Crippen LogP contribution in [-0.4, -0.2) is 52.9 Å². The Kier molecular flexibility index (Phi) is 12.0. The summed E-state index contributed by atoms with van der Waals surface area (Å²) in [5.41, 5.74) is 7.22. The van der Waals surface area contributed by atoms with Crippen molar-refractivity contribution in [2.75, 3.05) is 26.6 Å². The number of aromatic hydroxyl groups is 2. The van der Waals surface area contributed by atoms with Gasteiger partial charge in [0.15, 0.2) is 10.3 Å². The van der Waals surface area contributed by atoms with Crippen LogP contribution in [0.15, 0.2) is 91.5 Å². The molecule has 322 valence electrons. The number of nitrogens with one attached hydrogen (secondary N) is 5. The van der Waals surface area contributed by atoms with E-state index in [4.69, 9.17) is 0 Å². The van der Waals surface area contributed by atoms with Crippen molar-refractivity contribution in [3.05, 3.63) is 152 Å². The maximum Gasteiger partial charge on any atom is 0.267 e. The Morgan fingerprint density at radius 1 is 0.625 bits per heavy atom. The fourth-order valence-corrected chi connectivity index (χ4v) is 8.33. The van der Waals surface area contributed by atoms with Gasteiger partial charge in [-0.25, -0.2) is 29.3 Å². The average molecular weight is 895 g/mol. The summed E-state index contributed by atoms with van der Waals surface area (Å²) in [6.45, 7) is 9.06. The zero-order valence-corrected chi connectivity index (χ0v) is 36.6. The lowest BCUT2D eigenvalue weighted by atomic mass is 9.94. The van der Waals surface area contributed by atoms with Crippen LogP contribution in [0.2, 0.25) is 0 Å². The molecule has 0 spiro atoms. The number of hydrogen-bond acceptors (Lipinski definition) is 14. The fraction of sp³-hybridized carbons (Fsp3) is 0.130. The molecule has 0 fully saturated rings. The zero-order valence-electron chi connectivity index (χ0n) is 34.9. The second-order valence-corrected chi connectivity index (χ2v) is 17.0. The number of fused-ring (bicyclic) bond motifs is 1. The molecule has 3 amide bonds. The molecule has 0 radical (unpaired) electrons. The summed E-state index contributed by atoms with van der Waals surface area (Å²) in [4.78, 5) is 62.3. The van der Waals surface area contributed by atoms with Gasteiger partial charge in [0.1, 0.15) is 32.9 Å². The summed E-state index contributed by atoms with van der Waals surface area (Å²) in [5, 5.41) is 37.9. The number of carbonyl (C=O) groups excluding carboxylic acids is 3. The van der Waals surface area contributed by atoms with E-state index in [9.17, 15) is 29.0 Å². The van der Waals surface area contributed by atoms with Gasteiger partial charge in [0.25, 0.3) is 17.7 Å². The molecule has 0 saturated carbocycles. The van der Waals surface area contributed by atoms with E-state index in [1.807, 2.05) is 32.9 Å². The van der Waals surface area contributed by atoms with Crippen molar-refractivity contribution in [2.24, 2.45) is 0 Å². The Balaban J connectivity index is 0.935. The third-order valence-electron chi connectivity index (χ3n) is 10.4. The molecule has 4 aromatic heterocycles. The number of thiazole rings is 2.